The summed E-state index contributed by atoms with van der Waals surface area (Å²) in [6, 6.07) is 6.72. The summed E-state index contributed by atoms with van der Waals surface area (Å²) in [6.45, 7) is 1.48. The summed E-state index contributed by atoms with van der Waals surface area (Å²) in [5.74, 6) is 0.224. The van der Waals surface area contributed by atoms with Gasteiger partial charge in [-0.2, -0.15) is 0 Å². The number of oxime groups is 1. The van der Waals surface area contributed by atoms with Crippen molar-refractivity contribution in [1.82, 2.24) is 4.98 Å². The predicted octanol–water partition coefficient (Wildman–Crippen LogP) is 3.01. The molecule has 0 aliphatic heterocycles. The lowest BCUT2D eigenvalue weighted by Crippen LogP contribution is -2.20. The third kappa shape index (κ3) is 4.44. The monoisotopic (exact) mass is 325 g/mol. The molecule has 6 nitrogen and oxygen atoms in total. The molecule has 0 atom stereocenters. The van der Waals surface area contributed by atoms with E-state index in [0.717, 1.165) is 0 Å². The number of amides is 1. The number of nitrogens with one attached hydrogen (secondary N) is 1. The number of anilines is 1. The van der Waals surface area contributed by atoms with E-state index in [9.17, 15) is 4.79 Å². The minimum Gasteiger partial charge on any atom is -0.484 e. The van der Waals surface area contributed by atoms with Crippen LogP contribution in [0.25, 0.3) is 0 Å². The Kier molecular flexibility index (Phi) is 5.13. The number of rotatable bonds is 5. The van der Waals surface area contributed by atoms with E-state index in [1.807, 2.05) is 0 Å². The van der Waals surface area contributed by atoms with Crippen LogP contribution >= 0.6 is 22.9 Å². The number of carbonyl (C=O) groups is 1. The molecule has 2 N–H and O–H groups in total. The molecule has 1 amide bonds. The summed E-state index contributed by atoms with van der Waals surface area (Å²) in [7, 11) is 0. The second-order valence-corrected chi connectivity index (χ2v) is 5.31. The van der Waals surface area contributed by atoms with E-state index >= 15 is 0 Å². The first-order valence-electron chi connectivity index (χ1n) is 5.91. The number of ether oxygens (including phenoxy) is 1. The molecule has 8 heteroatoms. The Bertz CT molecular complexity index is 655. The van der Waals surface area contributed by atoms with Crippen LogP contribution in [-0.4, -0.2) is 28.4 Å². The van der Waals surface area contributed by atoms with Crippen molar-refractivity contribution < 1.29 is 14.7 Å². The van der Waals surface area contributed by atoms with Crippen LogP contribution in [0, 0.1) is 0 Å². The SMILES string of the molecule is CC(=NO)c1csc(NC(=O)COc2ccc(Cl)cc2)n1. The van der Waals surface area contributed by atoms with Crippen molar-refractivity contribution in [2.75, 3.05) is 11.9 Å². The van der Waals surface area contributed by atoms with Gasteiger partial charge in [0, 0.05) is 10.4 Å². The smallest absolute Gasteiger partial charge is 0.264 e. The number of aromatic nitrogens is 1. The maximum absolute atomic E-state index is 11.7. The maximum Gasteiger partial charge on any atom is 0.264 e. The summed E-state index contributed by atoms with van der Waals surface area (Å²) < 4.78 is 5.31. The first kappa shape index (κ1) is 15.3. The summed E-state index contributed by atoms with van der Waals surface area (Å²) >= 11 is 6.99. The van der Waals surface area contributed by atoms with Crippen LogP contribution in [0.15, 0.2) is 34.8 Å². The zero-order valence-electron chi connectivity index (χ0n) is 11.0. The Hall–Kier alpha value is -2.12. The fourth-order valence-electron chi connectivity index (χ4n) is 1.38. The van der Waals surface area contributed by atoms with E-state index in [1.165, 1.54) is 11.3 Å². The number of hydrogen-bond acceptors (Lipinski definition) is 6. The molecule has 1 aromatic carbocycles. The Labute approximate surface area is 130 Å². The lowest BCUT2D eigenvalue weighted by Gasteiger charge is -2.05. The summed E-state index contributed by atoms with van der Waals surface area (Å²) in [5, 5.41) is 17.0. The van der Waals surface area contributed by atoms with Gasteiger partial charge >= 0.3 is 0 Å². The van der Waals surface area contributed by atoms with E-state index in [4.69, 9.17) is 21.5 Å². The molecule has 0 unspecified atom stereocenters. The highest BCUT2D eigenvalue weighted by Gasteiger charge is 2.09. The van der Waals surface area contributed by atoms with Crippen LogP contribution < -0.4 is 10.1 Å². The highest BCUT2D eigenvalue weighted by Crippen LogP contribution is 2.17. The van der Waals surface area contributed by atoms with Crippen LogP contribution in [0.4, 0.5) is 5.13 Å². The molecule has 2 aromatic rings. The number of benzene rings is 1. The molecule has 0 bridgehead atoms. The second kappa shape index (κ2) is 7.05. The van der Waals surface area contributed by atoms with Crippen LogP contribution in [-0.2, 0) is 4.79 Å². The second-order valence-electron chi connectivity index (χ2n) is 4.01. The van der Waals surface area contributed by atoms with E-state index in [2.05, 4.69) is 15.5 Å². The van der Waals surface area contributed by atoms with Gasteiger partial charge in [-0.1, -0.05) is 16.8 Å². The topological polar surface area (TPSA) is 83.8 Å². The zero-order valence-corrected chi connectivity index (χ0v) is 12.6. The Balaban J connectivity index is 1.87. The molecule has 0 radical (unpaired) electrons. The molecule has 0 spiro atoms. The Morgan fingerprint density at radius 2 is 2.19 bits per heavy atom. The summed E-state index contributed by atoms with van der Waals surface area (Å²) in [5.41, 5.74) is 0.889. The molecule has 1 heterocycles. The van der Waals surface area contributed by atoms with E-state index in [0.29, 0.717) is 27.3 Å². The average molecular weight is 326 g/mol. The average Bonchev–Trinajstić information content (AvgIpc) is 2.94. The van der Waals surface area contributed by atoms with Gasteiger partial charge < -0.3 is 9.94 Å². The maximum atomic E-state index is 11.7. The third-order valence-electron chi connectivity index (χ3n) is 2.45. The van der Waals surface area contributed by atoms with E-state index in [1.54, 1.807) is 36.6 Å². The molecule has 0 aliphatic rings. The van der Waals surface area contributed by atoms with Crippen LogP contribution in [0.5, 0.6) is 5.75 Å². The highest BCUT2D eigenvalue weighted by molar-refractivity contribution is 7.14. The van der Waals surface area contributed by atoms with Gasteiger partial charge in [0.15, 0.2) is 11.7 Å². The third-order valence-corrected chi connectivity index (χ3v) is 3.46. The van der Waals surface area contributed by atoms with Gasteiger partial charge in [-0.05, 0) is 31.2 Å². The molecule has 0 aliphatic carbocycles. The van der Waals surface area contributed by atoms with Gasteiger partial charge in [0.25, 0.3) is 5.91 Å². The fourth-order valence-corrected chi connectivity index (χ4v) is 2.28. The van der Waals surface area contributed by atoms with E-state index in [-0.39, 0.29) is 12.5 Å². The summed E-state index contributed by atoms with van der Waals surface area (Å²) in [4.78, 5) is 15.8. The van der Waals surface area contributed by atoms with E-state index < -0.39 is 0 Å². The minimum absolute atomic E-state index is 0.135. The van der Waals surface area contributed by atoms with Gasteiger partial charge in [-0.3, -0.25) is 10.1 Å². The van der Waals surface area contributed by atoms with Crippen molar-refractivity contribution in [3.8, 4) is 5.75 Å². The number of carbonyl (C=O) groups excluding carboxylic acids is 1. The molecular weight excluding hydrogens is 314 g/mol. The zero-order chi connectivity index (χ0) is 15.2. The van der Waals surface area contributed by atoms with Crippen molar-refractivity contribution >= 4 is 39.7 Å². The van der Waals surface area contributed by atoms with Crippen LogP contribution in [0.2, 0.25) is 5.02 Å². The van der Waals surface area contributed by atoms with Gasteiger partial charge in [-0.15, -0.1) is 11.3 Å². The molecule has 2 rings (SSSR count). The molecular formula is C13H12ClN3O3S. The number of halogens is 1. The van der Waals surface area contributed by atoms with Crippen molar-refractivity contribution in [3.05, 3.63) is 40.4 Å². The summed E-state index contributed by atoms with van der Waals surface area (Å²) in [6.07, 6.45) is 0. The Morgan fingerprint density at radius 1 is 1.48 bits per heavy atom. The lowest BCUT2D eigenvalue weighted by molar-refractivity contribution is -0.118. The Morgan fingerprint density at radius 3 is 2.86 bits per heavy atom. The quantitative estimate of drug-likeness (QED) is 0.503. The largest absolute Gasteiger partial charge is 0.484 e. The molecule has 0 fully saturated rings. The van der Waals surface area contributed by atoms with Gasteiger partial charge in [0.05, 0.1) is 0 Å². The molecule has 0 saturated carbocycles. The van der Waals surface area contributed by atoms with Crippen LogP contribution in [0.3, 0.4) is 0 Å². The van der Waals surface area contributed by atoms with Crippen molar-refractivity contribution in [1.29, 1.82) is 0 Å². The first-order chi connectivity index (χ1) is 10.1. The van der Waals surface area contributed by atoms with Gasteiger partial charge in [0.1, 0.15) is 17.2 Å². The molecule has 0 saturated heterocycles. The lowest BCUT2D eigenvalue weighted by atomic mass is 10.3. The van der Waals surface area contributed by atoms with Crippen LogP contribution in [0.1, 0.15) is 12.6 Å². The minimum atomic E-state index is -0.329. The number of thiazole rings is 1. The number of nitrogens with zero attached hydrogens (tertiary/aromatic N) is 2. The highest BCUT2D eigenvalue weighted by atomic mass is 35.5. The van der Waals surface area contributed by atoms with Crippen molar-refractivity contribution in [2.45, 2.75) is 6.92 Å². The standard InChI is InChI=1S/C13H12ClN3O3S/c1-8(17-19)11-7-21-13(15-11)16-12(18)6-20-10-4-2-9(14)3-5-10/h2-5,7,19H,6H2,1H3,(H,15,16,18). The fraction of sp³-hybridized carbons (Fsp3) is 0.154. The first-order valence-corrected chi connectivity index (χ1v) is 7.17. The number of hydrogen-bond donors (Lipinski definition) is 2. The van der Waals surface area contributed by atoms with Gasteiger partial charge in [0.2, 0.25) is 0 Å². The molecule has 21 heavy (non-hydrogen) atoms. The van der Waals surface area contributed by atoms with Crippen molar-refractivity contribution in [2.24, 2.45) is 5.16 Å². The van der Waals surface area contributed by atoms with Gasteiger partial charge in [-0.25, -0.2) is 4.98 Å². The molecule has 1 aromatic heterocycles. The normalized spacial score (nSPS) is 11.2. The predicted molar refractivity (Wildman–Crippen MR) is 81.7 cm³/mol. The molecule has 110 valence electrons. The van der Waals surface area contributed by atoms with Crippen molar-refractivity contribution in [3.63, 3.8) is 0 Å².